The van der Waals surface area contributed by atoms with Crippen LogP contribution < -0.4 is 10.2 Å². The van der Waals surface area contributed by atoms with Gasteiger partial charge < -0.3 is 14.0 Å². The summed E-state index contributed by atoms with van der Waals surface area (Å²) >= 11 is 3.23. The Kier molecular flexibility index (Phi) is 5.34. The predicted molar refractivity (Wildman–Crippen MR) is 107 cm³/mol. The lowest BCUT2D eigenvalue weighted by molar-refractivity contribution is -0.385. The molecule has 0 spiro atoms. The van der Waals surface area contributed by atoms with E-state index in [4.69, 9.17) is 14.0 Å². The average Bonchev–Trinajstić information content (AvgIpc) is 2.82. The maximum Gasteiger partial charge on any atom is 0.494 e. The molecular formula is C19H21BBrNO5. The Balaban J connectivity index is 1.67. The Labute approximate surface area is 167 Å². The fraction of sp³-hybridized carbons (Fsp3) is 0.368. The Morgan fingerprint density at radius 1 is 1.07 bits per heavy atom. The minimum absolute atomic E-state index is 0.0244. The number of hydrogen-bond acceptors (Lipinski definition) is 5. The topological polar surface area (TPSA) is 70.8 Å². The van der Waals surface area contributed by atoms with Gasteiger partial charge in [0, 0.05) is 6.07 Å². The van der Waals surface area contributed by atoms with E-state index in [1.165, 1.54) is 6.07 Å². The first-order valence-electron chi connectivity index (χ1n) is 8.61. The predicted octanol–water partition coefficient (Wildman–Crippen LogP) is 4.24. The summed E-state index contributed by atoms with van der Waals surface area (Å²) in [5.41, 5.74) is 1.09. The van der Waals surface area contributed by atoms with Crippen LogP contribution in [0.5, 0.6) is 5.75 Å². The summed E-state index contributed by atoms with van der Waals surface area (Å²) in [6, 6.07) is 12.5. The van der Waals surface area contributed by atoms with Crippen molar-refractivity contribution in [2.24, 2.45) is 0 Å². The zero-order valence-electron chi connectivity index (χ0n) is 15.7. The molecular weight excluding hydrogens is 413 g/mol. The Morgan fingerprint density at radius 3 is 2.22 bits per heavy atom. The smallest absolute Gasteiger partial charge is 0.487 e. The van der Waals surface area contributed by atoms with Crippen LogP contribution in [0.25, 0.3) is 0 Å². The zero-order valence-corrected chi connectivity index (χ0v) is 17.3. The van der Waals surface area contributed by atoms with E-state index in [1.54, 1.807) is 12.1 Å². The molecule has 27 heavy (non-hydrogen) atoms. The Morgan fingerprint density at radius 2 is 1.67 bits per heavy atom. The number of benzene rings is 2. The van der Waals surface area contributed by atoms with Crippen molar-refractivity contribution in [3.63, 3.8) is 0 Å². The molecule has 1 fully saturated rings. The van der Waals surface area contributed by atoms with Gasteiger partial charge in [-0.15, -0.1) is 0 Å². The van der Waals surface area contributed by atoms with E-state index in [0.717, 1.165) is 11.0 Å². The van der Waals surface area contributed by atoms with Gasteiger partial charge in [0.1, 0.15) is 16.8 Å². The second kappa shape index (κ2) is 7.26. The number of nitro groups is 1. The van der Waals surface area contributed by atoms with Crippen molar-refractivity contribution in [1.82, 2.24) is 0 Å². The maximum atomic E-state index is 11.0. The van der Waals surface area contributed by atoms with Crippen molar-refractivity contribution in [2.75, 3.05) is 0 Å². The largest absolute Gasteiger partial charge is 0.494 e. The minimum atomic E-state index is -0.448. The van der Waals surface area contributed by atoms with Crippen molar-refractivity contribution in [1.29, 1.82) is 0 Å². The highest BCUT2D eigenvalue weighted by molar-refractivity contribution is 9.10. The lowest BCUT2D eigenvalue weighted by Gasteiger charge is -2.32. The minimum Gasteiger partial charge on any atom is -0.487 e. The molecule has 0 bridgehead atoms. The van der Waals surface area contributed by atoms with E-state index in [-0.39, 0.29) is 16.9 Å². The molecule has 0 atom stereocenters. The third-order valence-electron chi connectivity index (χ3n) is 5.04. The molecule has 0 aromatic heterocycles. The van der Waals surface area contributed by atoms with Crippen molar-refractivity contribution >= 4 is 34.2 Å². The standard InChI is InChI=1S/C19H21BBrNO5/c1-18(2)19(3,4)27-20(26-18)14-10-8-13(9-11-14)12-25-16-7-5-6-15(17(16)21)22(23)24/h5-11H,12H2,1-4H3. The van der Waals surface area contributed by atoms with E-state index in [0.29, 0.717) is 16.8 Å². The van der Waals surface area contributed by atoms with Crippen LogP contribution in [0, 0.1) is 10.1 Å². The van der Waals surface area contributed by atoms with Crippen LogP contribution >= 0.6 is 15.9 Å². The van der Waals surface area contributed by atoms with Crippen molar-refractivity contribution in [3.8, 4) is 5.75 Å². The molecule has 0 saturated carbocycles. The van der Waals surface area contributed by atoms with Crippen molar-refractivity contribution in [2.45, 2.75) is 45.5 Å². The van der Waals surface area contributed by atoms with Gasteiger partial charge in [0.25, 0.3) is 5.69 Å². The molecule has 1 saturated heterocycles. The van der Waals surface area contributed by atoms with Gasteiger partial charge in [-0.2, -0.15) is 0 Å². The highest BCUT2D eigenvalue weighted by atomic mass is 79.9. The fourth-order valence-electron chi connectivity index (χ4n) is 2.66. The second-order valence-corrected chi connectivity index (χ2v) is 8.26. The summed E-state index contributed by atoms with van der Waals surface area (Å²) in [6.07, 6.45) is 0. The summed E-state index contributed by atoms with van der Waals surface area (Å²) in [5, 5.41) is 11.0. The molecule has 6 nitrogen and oxygen atoms in total. The molecule has 1 aliphatic heterocycles. The van der Waals surface area contributed by atoms with E-state index in [9.17, 15) is 10.1 Å². The van der Waals surface area contributed by atoms with Gasteiger partial charge >= 0.3 is 7.12 Å². The summed E-state index contributed by atoms with van der Waals surface area (Å²) < 4.78 is 18.2. The number of ether oxygens (including phenoxy) is 1. The van der Waals surface area contributed by atoms with Gasteiger partial charge in [0.05, 0.1) is 16.1 Å². The fourth-order valence-corrected chi connectivity index (χ4v) is 3.19. The van der Waals surface area contributed by atoms with Gasteiger partial charge in [-0.05, 0) is 60.7 Å². The molecule has 2 aromatic rings. The average molecular weight is 434 g/mol. The third-order valence-corrected chi connectivity index (χ3v) is 5.84. The molecule has 0 unspecified atom stereocenters. The summed E-state index contributed by atoms with van der Waals surface area (Å²) in [6.45, 7) is 8.37. The van der Waals surface area contributed by atoms with Crippen LogP contribution in [0.15, 0.2) is 46.9 Å². The lowest BCUT2D eigenvalue weighted by Crippen LogP contribution is -2.41. The first kappa shape index (κ1) is 19.9. The molecule has 1 heterocycles. The Bertz CT molecular complexity index is 838. The quantitative estimate of drug-likeness (QED) is 0.400. The molecule has 8 heteroatoms. The Hall–Kier alpha value is -1.90. The van der Waals surface area contributed by atoms with Crippen LogP contribution in [0.2, 0.25) is 0 Å². The second-order valence-electron chi connectivity index (χ2n) is 7.46. The van der Waals surface area contributed by atoms with Gasteiger partial charge in [-0.25, -0.2) is 0 Å². The van der Waals surface area contributed by atoms with Gasteiger partial charge in [0.2, 0.25) is 0 Å². The van der Waals surface area contributed by atoms with Gasteiger partial charge in [-0.3, -0.25) is 10.1 Å². The molecule has 0 N–H and O–H groups in total. The van der Waals surface area contributed by atoms with Crippen LogP contribution in [-0.2, 0) is 15.9 Å². The SMILES string of the molecule is CC1(C)OB(c2ccc(COc3cccc([N+](=O)[O-])c3Br)cc2)OC1(C)C. The zero-order chi connectivity index (χ0) is 19.8. The molecule has 142 valence electrons. The number of halogens is 1. The molecule has 3 rings (SSSR count). The number of nitrogens with zero attached hydrogens (tertiary/aromatic N) is 1. The highest BCUT2D eigenvalue weighted by Crippen LogP contribution is 2.36. The number of nitro benzene ring substituents is 1. The van der Waals surface area contributed by atoms with E-state index < -0.39 is 12.0 Å². The highest BCUT2D eigenvalue weighted by Gasteiger charge is 2.51. The van der Waals surface area contributed by atoms with Gasteiger partial charge in [-0.1, -0.05) is 30.3 Å². The van der Waals surface area contributed by atoms with Crippen LogP contribution in [0.4, 0.5) is 5.69 Å². The molecule has 2 aromatic carbocycles. The summed E-state index contributed by atoms with van der Waals surface area (Å²) in [7, 11) is -0.407. The van der Waals surface area contributed by atoms with Crippen LogP contribution in [0.3, 0.4) is 0 Å². The van der Waals surface area contributed by atoms with Crippen molar-refractivity contribution in [3.05, 3.63) is 62.6 Å². The third kappa shape index (κ3) is 4.02. The first-order chi connectivity index (χ1) is 12.6. The molecule has 1 aliphatic rings. The number of rotatable bonds is 5. The normalized spacial score (nSPS) is 17.7. The first-order valence-corrected chi connectivity index (χ1v) is 9.40. The van der Waals surface area contributed by atoms with E-state index >= 15 is 0 Å². The molecule has 0 radical (unpaired) electrons. The molecule has 0 amide bonds. The lowest BCUT2D eigenvalue weighted by atomic mass is 9.79. The van der Waals surface area contributed by atoms with Gasteiger partial charge in [0.15, 0.2) is 0 Å². The molecule has 0 aliphatic carbocycles. The van der Waals surface area contributed by atoms with Crippen molar-refractivity contribution < 1.29 is 19.0 Å². The summed E-state index contributed by atoms with van der Waals surface area (Å²) in [4.78, 5) is 10.6. The summed E-state index contributed by atoms with van der Waals surface area (Å²) in [5.74, 6) is 0.430. The monoisotopic (exact) mass is 433 g/mol. The van der Waals surface area contributed by atoms with Crippen LogP contribution in [-0.4, -0.2) is 23.2 Å². The van der Waals surface area contributed by atoms with Crippen LogP contribution in [0.1, 0.15) is 33.3 Å². The maximum absolute atomic E-state index is 11.0. The van der Waals surface area contributed by atoms with E-state index in [1.807, 2.05) is 52.0 Å². The number of hydrogen-bond donors (Lipinski definition) is 0. The van der Waals surface area contributed by atoms with E-state index in [2.05, 4.69) is 15.9 Å².